The number of aryl methyl sites for hydroxylation is 1. The maximum atomic E-state index is 11.8. The van der Waals surface area contributed by atoms with E-state index in [4.69, 9.17) is 9.57 Å². The number of nitrogens with zero attached hydrogens (tertiary/aromatic N) is 2. The zero-order chi connectivity index (χ0) is 17.5. The fraction of sp³-hybridized carbons (Fsp3) is 0.368. The molecule has 1 aromatic heterocycles. The van der Waals surface area contributed by atoms with Crippen molar-refractivity contribution < 1.29 is 14.4 Å². The minimum absolute atomic E-state index is 0.299. The van der Waals surface area contributed by atoms with Gasteiger partial charge in [-0.3, -0.25) is 4.79 Å². The van der Waals surface area contributed by atoms with Crippen molar-refractivity contribution in [3.8, 4) is 0 Å². The zero-order valence-electron chi connectivity index (χ0n) is 14.4. The highest BCUT2D eigenvalue weighted by atomic mass is 16.8. The number of amides is 1. The number of aromatic nitrogens is 2. The molecular weight excluding hydrogens is 318 g/mol. The predicted molar refractivity (Wildman–Crippen MR) is 94.4 cm³/mol. The lowest BCUT2D eigenvalue weighted by Crippen LogP contribution is -2.32. The minimum atomic E-state index is -0.336. The predicted octanol–water partition coefficient (Wildman–Crippen LogP) is 2.83. The van der Waals surface area contributed by atoms with E-state index >= 15 is 0 Å². The molecule has 6 nitrogen and oxygen atoms in total. The van der Waals surface area contributed by atoms with E-state index in [-0.39, 0.29) is 12.2 Å². The molecular formula is C19H23N3O3. The van der Waals surface area contributed by atoms with Gasteiger partial charge in [-0.15, -0.1) is 0 Å². The van der Waals surface area contributed by atoms with Crippen molar-refractivity contribution in [3.05, 3.63) is 59.7 Å². The van der Waals surface area contributed by atoms with Crippen LogP contribution in [0.5, 0.6) is 0 Å². The van der Waals surface area contributed by atoms with Crippen LogP contribution < -0.4 is 5.48 Å². The molecule has 25 heavy (non-hydrogen) atoms. The normalized spacial score (nSPS) is 17.7. The SMILES string of the molecule is Cc1cncn1Cc1ccc(/C=C/C(=O)NOC2CCCCO2)cc1. The summed E-state index contributed by atoms with van der Waals surface area (Å²) in [4.78, 5) is 21.1. The van der Waals surface area contributed by atoms with E-state index in [1.165, 1.54) is 11.6 Å². The summed E-state index contributed by atoms with van der Waals surface area (Å²) in [5.74, 6) is -0.299. The van der Waals surface area contributed by atoms with E-state index < -0.39 is 0 Å². The zero-order valence-corrected chi connectivity index (χ0v) is 14.4. The van der Waals surface area contributed by atoms with Gasteiger partial charge >= 0.3 is 0 Å². The number of rotatable bonds is 6. The molecule has 2 heterocycles. The molecule has 0 radical (unpaired) electrons. The minimum Gasteiger partial charge on any atom is -0.350 e. The lowest BCUT2D eigenvalue weighted by molar-refractivity contribution is -0.198. The summed E-state index contributed by atoms with van der Waals surface area (Å²) >= 11 is 0. The number of hydrogen-bond donors (Lipinski definition) is 1. The molecule has 0 aliphatic carbocycles. The van der Waals surface area contributed by atoms with Crippen LogP contribution in [0.2, 0.25) is 0 Å². The van der Waals surface area contributed by atoms with Gasteiger partial charge in [0.15, 0.2) is 6.29 Å². The first kappa shape index (κ1) is 17.4. The summed E-state index contributed by atoms with van der Waals surface area (Å²) in [6.07, 6.45) is 9.45. The van der Waals surface area contributed by atoms with Gasteiger partial charge in [-0.2, -0.15) is 0 Å². The van der Waals surface area contributed by atoms with Crippen molar-refractivity contribution in [2.75, 3.05) is 6.61 Å². The van der Waals surface area contributed by atoms with E-state index in [9.17, 15) is 4.79 Å². The third-order valence-electron chi connectivity index (χ3n) is 4.11. The van der Waals surface area contributed by atoms with Crippen LogP contribution in [-0.4, -0.2) is 28.4 Å². The summed E-state index contributed by atoms with van der Waals surface area (Å²) in [6.45, 7) is 3.50. The standard InChI is InChI=1S/C19H23N3O3/c1-15-12-20-14-22(15)13-17-7-5-16(6-8-17)9-10-18(23)21-25-19-4-2-3-11-24-19/h5-10,12,14,19H,2-4,11,13H2,1H3,(H,21,23)/b10-9+. The van der Waals surface area contributed by atoms with Gasteiger partial charge in [0.2, 0.25) is 0 Å². The summed E-state index contributed by atoms with van der Waals surface area (Å²) < 4.78 is 7.47. The first-order valence-corrected chi connectivity index (χ1v) is 8.52. The van der Waals surface area contributed by atoms with Gasteiger partial charge in [-0.05, 0) is 37.0 Å². The number of nitrogens with one attached hydrogen (secondary N) is 1. The second-order valence-electron chi connectivity index (χ2n) is 6.12. The third kappa shape index (κ3) is 5.27. The number of carbonyl (C=O) groups is 1. The van der Waals surface area contributed by atoms with Crippen LogP contribution in [0.25, 0.3) is 6.08 Å². The lowest BCUT2D eigenvalue weighted by atomic mass is 10.1. The highest BCUT2D eigenvalue weighted by Crippen LogP contribution is 2.12. The second kappa shape index (κ2) is 8.60. The lowest BCUT2D eigenvalue weighted by Gasteiger charge is -2.21. The monoisotopic (exact) mass is 341 g/mol. The Bertz CT molecular complexity index is 716. The molecule has 1 saturated heterocycles. The number of carbonyl (C=O) groups excluding carboxylic acids is 1. The summed E-state index contributed by atoms with van der Waals surface area (Å²) in [5, 5.41) is 0. The number of hydroxylamine groups is 1. The van der Waals surface area contributed by atoms with Crippen molar-refractivity contribution >= 4 is 12.0 Å². The highest BCUT2D eigenvalue weighted by molar-refractivity contribution is 5.90. The number of hydrogen-bond acceptors (Lipinski definition) is 4. The Morgan fingerprint density at radius 1 is 1.40 bits per heavy atom. The maximum absolute atomic E-state index is 11.8. The van der Waals surface area contributed by atoms with Crippen molar-refractivity contribution in [1.82, 2.24) is 15.0 Å². The van der Waals surface area contributed by atoms with Gasteiger partial charge in [0.05, 0.1) is 6.33 Å². The molecule has 1 N–H and O–H groups in total. The molecule has 1 aromatic carbocycles. The van der Waals surface area contributed by atoms with Crippen LogP contribution in [0.1, 0.15) is 36.1 Å². The molecule has 3 rings (SSSR count). The van der Waals surface area contributed by atoms with Crippen molar-refractivity contribution in [2.45, 2.75) is 39.0 Å². The molecule has 2 aromatic rings. The molecule has 1 aliphatic heterocycles. The first-order chi connectivity index (χ1) is 12.2. The quantitative estimate of drug-likeness (QED) is 0.648. The molecule has 6 heteroatoms. The van der Waals surface area contributed by atoms with Crippen LogP contribution in [-0.2, 0) is 20.9 Å². The number of imidazole rings is 1. The second-order valence-corrected chi connectivity index (χ2v) is 6.12. The Hall–Kier alpha value is -2.44. The Morgan fingerprint density at radius 3 is 2.92 bits per heavy atom. The summed E-state index contributed by atoms with van der Waals surface area (Å²) in [7, 11) is 0. The highest BCUT2D eigenvalue weighted by Gasteiger charge is 2.14. The smallest absolute Gasteiger partial charge is 0.267 e. The van der Waals surface area contributed by atoms with Crippen molar-refractivity contribution in [3.63, 3.8) is 0 Å². The molecule has 132 valence electrons. The van der Waals surface area contributed by atoms with Crippen LogP contribution in [0.4, 0.5) is 0 Å². The van der Waals surface area contributed by atoms with E-state index in [0.717, 1.165) is 37.1 Å². The fourth-order valence-electron chi connectivity index (χ4n) is 2.62. The molecule has 1 fully saturated rings. The van der Waals surface area contributed by atoms with Crippen molar-refractivity contribution in [1.29, 1.82) is 0 Å². The maximum Gasteiger partial charge on any atom is 0.267 e. The molecule has 1 aliphatic rings. The van der Waals surface area contributed by atoms with E-state index in [0.29, 0.717) is 6.61 Å². The van der Waals surface area contributed by atoms with Gasteiger partial charge < -0.3 is 9.30 Å². The third-order valence-corrected chi connectivity index (χ3v) is 4.11. The van der Waals surface area contributed by atoms with Crippen LogP contribution in [0, 0.1) is 6.92 Å². The largest absolute Gasteiger partial charge is 0.350 e. The van der Waals surface area contributed by atoms with Crippen LogP contribution in [0.15, 0.2) is 42.9 Å². The molecule has 0 spiro atoms. The summed E-state index contributed by atoms with van der Waals surface area (Å²) in [5.41, 5.74) is 5.67. The summed E-state index contributed by atoms with van der Waals surface area (Å²) in [6, 6.07) is 8.06. The average molecular weight is 341 g/mol. The Kier molecular flexibility index (Phi) is 5.98. The van der Waals surface area contributed by atoms with Crippen molar-refractivity contribution in [2.24, 2.45) is 0 Å². The van der Waals surface area contributed by atoms with Gasteiger partial charge in [0.25, 0.3) is 5.91 Å². The Morgan fingerprint density at radius 2 is 2.24 bits per heavy atom. The molecule has 1 amide bonds. The molecule has 0 saturated carbocycles. The van der Waals surface area contributed by atoms with E-state index in [1.54, 1.807) is 6.08 Å². The van der Waals surface area contributed by atoms with Gasteiger partial charge in [0.1, 0.15) is 0 Å². The van der Waals surface area contributed by atoms with Crippen LogP contribution in [0.3, 0.4) is 0 Å². The average Bonchev–Trinajstić information content (AvgIpc) is 3.05. The Labute approximate surface area is 147 Å². The molecule has 1 atom stereocenters. The molecule has 1 unspecified atom stereocenters. The fourth-order valence-corrected chi connectivity index (χ4v) is 2.62. The van der Waals surface area contributed by atoms with Crippen LogP contribution >= 0.6 is 0 Å². The first-order valence-electron chi connectivity index (χ1n) is 8.52. The topological polar surface area (TPSA) is 65.4 Å². The van der Waals surface area contributed by atoms with Gasteiger partial charge in [-0.25, -0.2) is 15.3 Å². The van der Waals surface area contributed by atoms with E-state index in [2.05, 4.69) is 15.0 Å². The number of ether oxygens (including phenoxy) is 1. The van der Waals surface area contributed by atoms with E-state index in [1.807, 2.05) is 43.7 Å². The van der Waals surface area contributed by atoms with Gasteiger partial charge in [-0.1, -0.05) is 24.3 Å². The van der Waals surface area contributed by atoms with Gasteiger partial charge in [0, 0.05) is 37.5 Å². The molecule has 0 bridgehead atoms. The number of benzene rings is 1. The Balaban J connectivity index is 1.47.